The number of fused-ring (bicyclic) bond motifs is 1. The maximum atomic E-state index is 10.8. The molecule has 1 aromatic heterocycles. The molecule has 0 bridgehead atoms. The van der Waals surface area contributed by atoms with Gasteiger partial charge in [-0.2, -0.15) is 0 Å². The van der Waals surface area contributed by atoms with Crippen LogP contribution < -0.4 is 0 Å². The van der Waals surface area contributed by atoms with E-state index in [0.29, 0.717) is 21.5 Å². The predicted molar refractivity (Wildman–Crippen MR) is 63.2 cm³/mol. The van der Waals surface area contributed by atoms with Gasteiger partial charge in [-0.25, -0.2) is 4.98 Å². The van der Waals surface area contributed by atoms with Crippen molar-refractivity contribution < 1.29 is 4.92 Å². The van der Waals surface area contributed by atoms with E-state index in [4.69, 9.17) is 23.2 Å². The van der Waals surface area contributed by atoms with Gasteiger partial charge in [0.05, 0.1) is 10.4 Å². The van der Waals surface area contributed by atoms with E-state index in [-0.39, 0.29) is 10.8 Å². The summed E-state index contributed by atoms with van der Waals surface area (Å²) in [4.78, 5) is 14.2. The molecule has 0 N–H and O–H groups in total. The van der Waals surface area contributed by atoms with Crippen LogP contribution in [0, 0.1) is 17.0 Å². The second-order valence-electron chi connectivity index (χ2n) is 3.29. The summed E-state index contributed by atoms with van der Waals surface area (Å²) in [5, 5.41) is 11.9. The average molecular weight is 257 g/mol. The first kappa shape index (κ1) is 11.1. The molecular formula is C10H6Cl2N2O2. The van der Waals surface area contributed by atoms with Gasteiger partial charge in [0.25, 0.3) is 0 Å². The number of benzene rings is 1. The molecule has 0 unspecified atom stereocenters. The Hall–Kier alpha value is -1.39. The molecule has 0 spiro atoms. The Bertz CT molecular complexity index is 599. The van der Waals surface area contributed by atoms with Crippen molar-refractivity contribution in [2.45, 2.75) is 6.92 Å². The molecule has 0 amide bonds. The van der Waals surface area contributed by atoms with Crippen LogP contribution in [0.4, 0.5) is 5.69 Å². The number of hydrogen-bond donors (Lipinski definition) is 0. The summed E-state index contributed by atoms with van der Waals surface area (Å²) in [7, 11) is 0. The highest BCUT2D eigenvalue weighted by Crippen LogP contribution is 2.32. The van der Waals surface area contributed by atoms with Gasteiger partial charge in [-0.1, -0.05) is 29.3 Å². The molecular weight excluding hydrogens is 251 g/mol. The van der Waals surface area contributed by atoms with Crippen LogP contribution in [-0.4, -0.2) is 9.91 Å². The van der Waals surface area contributed by atoms with E-state index in [2.05, 4.69) is 4.98 Å². The van der Waals surface area contributed by atoms with Gasteiger partial charge < -0.3 is 0 Å². The molecule has 1 heterocycles. The Morgan fingerprint density at radius 1 is 1.38 bits per heavy atom. The van der Waals surface area contributed by atoms with Crippen molar-refractivity contribution in [2.75, 3.05) is 0 Å². The number of rotatable bonds is 1. The zero-order chi connectivity index (χ0) is 11.9. The average Bonchev–Trinajstić information content (AvgIpc) is 2.15. The van der Waals surface area contributed by atoms with Crippen LogP contribution in [0.2, 0.25) is 10.2 Å². The number of aromatic nitrogens is 1. The maximum Gasteiger partial charge on any atom is 0.309 e. The number of nitrogens with zero attached hydrogens (tertiary/aromatic N) is 2. The highest BCUT2D eigenvalue weighted by Gasteiger charge is 2.20. The van der Waals surface area contributed by atoms with Crippen molar-refractivity contribution in [1.82, 2.24) is 4.98 Å². The van der Waals surface area contributed by atoms with Gasteiger partial charge in [-0.3, -0.25) is 10.1 Å². The lowest BCUT2D eigenvalue weighted by Gasteiger charge is -2.04. The van der Waals surface area contributed by atoms with E-state index >= 15 is 0 Å². The van der Waals surface area contributed by atoms with E-state index in [1.807, 2.05) is 0 Å². The third kappa shape index (κ3) is 1.70. The molecule has 6 heteroatoms. The molecule has 82 valence electrons. The van der Waals surface area contributed by atoms with Crippen LogP contribution in [0.15, 0.2) is 18.2 Å². The standard InChI is InChI=1S/C10H6Cl2N2O2/c1-5-7-3-2-6(11)4-8(7)13-10(12)9(5)14(15)16/h2-4H,1H3. The molecule has 2 aromatic rings. The quantitative estimate of drug-likeness (QED) is 0.444. The first-order valence-electron chi connectivity index (χ1n) is 4.40. The van der Waals surface area contributed by atoms with Gasteiger partial charge in [0.2, 0.25) is 5.15 Å². The number of hydrogen-bond acceptors (Lipinski definition) is 3. The molecule has 0 aliphatic rings. The summed E-state index contributed by atoms with van der Waals surface area (Å²) in [6.07, 6.45) is 0. The fraction of sp³-hybridized carbons (Fsp3) is 0.100. The SMILES string of the molecule is Cc1c([N+](=O)[O-])c(Cl)nc2cc(Cl)ccc12. The zero-order valence-electron chi connectivity index (χ0n) is 8.20. The van der Waals surface area contributed by atoms with Gasteiger partial charge in [0, 0.05) is 16.0 Å². The Morgan fingerprint density at radius 2 is 2.06 bits per heavy atom. The molecule has 0 saturated carbocycles. The van der Waals surface area contributed by atoms with Gasteiger partial charge in [0.1, 0.15) is 0 Å². The van der Waals surface area contributed by atoms with Crippen LogP contribution in [0.1, 0.15) is 5.56 Å². The molecule has 2 rings (SSSR count). The minimum absolute atomic E-state index is 0.114. The third-order valence-electron chi connectivity index (χ3n) is 2.32. The first-order chi connectivity index (χ1) is 7.50. The Morgan fingerprint density at radius 3 is 2.69 bits per heavy atom. The summed E-state index contributed by atoms with van der Waals surface area (Å²) in [6.45, 7) is 1.64. The molecule has 16 heavy (non-hydrogen) atoms. The van der Waals surface area contributed by atoms with Crippen LogP contribution in [-0.2, 0) is 0 Å². The summed E-state index contributed by atoms with van der Waals surface area (Å²) >= 11 is 11.6. The molecule has 0 saturated heterocycles. The largest absolute Gasteiger partial charge is 0.309 e. The fourth-order valence-corrected chi connectivity index (χ4v) is 2.04. The number of nitro groups is 1. The number of aryl methyl sites for hydroxylation is 1. The van der Waals surface area contributed by atoms with E-state index < -0.39 is 4.92 Å². The maximum absolute atomic E-state index is 10.8. The minimum Gasteiger partial charge on any atom is -0.258 e. The van der Waals surface area contributed by atoms with Gasteiger partial charge in [0.15, 0.2) is 0 Å². The van der Waals surface area contributed by atoms with Crippen molar-refractivity contribution in [3.63, 3.8) is 0 Å². The lowest BCUT2D eigenvalue weighted by atomic mass is 10.1. The lowest BCUT2D eigenvalue weighted by molar-refractivity contribution is -0.385. The van der Waals surface area contributed by atoms with E-state index in [9.17, 15) is 10.1 Å². The molecule has 0 atom stereocenters. The fourth-order valence-electron chi connectivity index (χ4n) is 1.57. The lowest BCUT2D eigenvalue weighted by Crippen LogP contribution is -1.96. The predicted octanol–water partition coefficient (Wildman–Crippen LogP) is 3.76. The number of pyridine rings is 1. The zero-order valence-corrected chi connectivity index (χ0v) is 9.71. The van der Waals surface area contributed by atoms with E-state index in [1.54, 1.807) is 25.1 Å². The van der Waals surface area contributed by atoms with Gasteiger partial charge >= 0.3 is 5.69 Å². The molecule has 0 fully saturated rings. The molecule has 0 aliphatic carbocycles. The summed E-state index contributed by atoms with van der Waals surface area (Å²) in [6, 6.07) is 4.99. The van der Waals surface area contributed by atoms with Crippen molar-refractivity contribution in [2.24, 2.45) is 0 Å². The molecule has 0 radical (unpaired) electrons. The Labute approximate surface area is 101 Å². The summed E-state index contributed by atoms with van der Waals surface area (Å²) in [5.41, 5.74) is 0.897. The van der Waals surface area contributed by atoms with Crippen LogP contribution in [0.3, 0.4) is 0 Å². The van der Waals surface area contributed by atoms with Crippen molar-refractivity contribution in [3.8, 4) is 0 Å². The molecule has 1 aromatic carbocycles. The first-order valence-corrected chi connectivity index (χ1v) is 5.16. The summed E-state index contributed by atoms with van der Waals surface area (Å²) < 4.78 is 0. The third-order valence-corrected chi connectivity index (χ3v) is 2.81. The second kappa shape index (κ2) is 3.88. The van der Waals surface area contributed by atoms with Gasteiger partial charge in [-0.05, 0) is 19.1 Å². The van der Waals surface area contributed by atoms with Crippen LogP contribution in [0.5, 0.6) is 0 Å². The topological polar surface area (TPSA) is 56.0 Å². The van der Waals surface area contributed by atoms with Crippen LogP contribution in [0.25, 0.3) is 10.9 Å². The van der Waals surface area contributed by atoms with Crippen molar-refractivity contribution in [1.29, 1.82) is 0 Å². The van der Waals surface area contributed by atoms with Crippen molar-refractivity contribution >= 4 is 39.8 Å². The Kier molecular flexibility index (Phi) is 2.69. The molecule has 4 nitrogen and oxygen atoms in total. The van der Waals surface area contributed by atoms with E-state index in [0.717, 1.165) is 0 Å². The highest BCUT2D eigenvalue weighted by molar-refractivity contribution is 6.33. The second-order valence-corrected chi connectivity index (χ2v) is 4.09. The van der Waals surface area contributed by atoms with E-state index in [1.165, 1.54) is 0 Å². The van der Waals surface area contributed by atoms with Gasteiger partial charge in [-0.15, -0.1) is 0 Å². The Balaban J connectivity index is 2.89. The minimum atomic E-state index is -0.529. The van der Waals surface area contributed by atoms with Crippen molar-refractivity contribution in [3.05, 3.63) is 44.1 Å². The van der Waals surface area contributed by atoms with Crippen LogP contribution >= 0.6 is 23.2 Å². The number of halogens is 2. The normalized spacial score (nSPS) is 10.7. The summed E-state index contributed by atoms with van der Waals surface area (Å²) in [5.74, 6) is 0. The monoisotopic (exact) mass is 256 g/mol. The highest BCUT2D eigenvalue weighted by atomic mass is 35.5. The molecule has 0 aliphatic heterocycles. The smallest absolute Gasteiger partial charge is 0.258 e.